The first-order valence-corrected chi connectivity index (χ1v) is 7.73. The first-order valence-electron chi connectivity index (χ1n) is 7.73. The first-order chi connectivity index (χ1) is 9.77. The van der Waals surface area contributed by atoms with Crippen molar-refractivity contribution in [2.45, 2.75) is 46.0 Å². The molecule has 0 saturated heterocycles. The Labute approximate surface area is 122 Å². The van der Waals surface area contributed by atoms with Gasteiger partial charge >= 0.3 is 5.97 Å². The van der Waals surface area contributed by atoms with Crippen molar-refractivity contribution in [3.05, 3.63) is 30.3 Å². The van der Waals surface area contributed by atoms with Gasteiger partial charge in [-0.25, -0.2) is 0 Å². The van der Waals surface area contributed by atoms with Crippen molar-refractivity contribution >= 4 is 11.7 Å². The zero-order valence-corrected chi connectivity index (χ0v) is 12.8. The van der Waals surface area contributed by atoms with Crippen LogP contribution in [-0.4, -0.2) is 25.7 Å². The third-order valence-electron chi connectivity index (χ3n) is 3.29. The predicted octanol–water partition coefficient (Wildman–Crippen LogP) is 4.03. The van der Waals surface area contributed by atoms with E-state index in [1.165, 1.54) is 31.4 Å². The van der Waals surface area contributed by atoms with E-state index < -0.39 is 0 Å². The minimum Gasteiger partial charge on any atom is -0.466 e. The molecule has 1 aromatic rings. The lowest BCUT2D eigenvalue weighted by Crippen LogP contribution is -2.27. The Bertz CT molecular complexity index is 365. The highest BCUT2D eigenvalue weighted by Crippen LogP contribution is 2.15. The molecule has 0 heterocycles. The van der Waals surface area contributed by atoms with Crippen LogP contribution in [0.4, 0.5) is 5.69 Å². The van der Waals surface area contributed by atoms with Crippen LogP contribution in [0.25, 0.3) is 0 Å². The highest BCUT2D eigenvalue weighted by Gasteiger charge is 2.09. The molecule has 0 radical (unpaired) electrons. The SMILES string of the molecule is CCCCCCN(CCC(=O)OCC)c1ccccc1. The van der Waals surface area contributed by atoms with Gasteiger partial charge < -0.3 is 9.64 Å². The molecule has 0 fully saturated rings. The Hall–Kier alpha value is -1.51. The van der Waals surface area contributed by atoms with Crippen molar-refractivity contribution in [3.8, 4) is 0 Å². The highest BCUT2D eigenvalue weighted by molar-refractivity contribution is 5.70. The number of benzene rings is 1. The smallest absolute Gasteiger partial charge is 0.307 e. The molecule has 0 aliphatic heterocycles. The van der Waals surface area contributed by atoms with Crippen LogP contribution >= 0.6 is 0 Å². The summed E-state index contributed by atoms with van der Waals surface area (Å²) in [6.07, 6.45) is 5.40. The maximum absolute atomic E-state index is 11.5. The number of ether oxygens (including phenoxy) is 1. The van der Waals surface area contributed by atoms with Gasteiger partial charge in [0.15, 0.2) is 0 Å². The molecule has 0 aliphatic rings. The van der Waals surface area contributed by atoms with E-state index >= 15 is 0 Å². The molecule has 3 nitrogen and oxygen atoms in total. The zero-order valence-electron chi connectivity index (χ0n) is 12.8. The second kappa shape index (κ2) is 10.3. The molecule has 0 aromatic heterocycles. The number of hydrogen-bond donors (Lipinski definition) is 0. The number of esters is 1. The van der Waals surface area contributed by atoms with Gasteiger partial charge in [0.2, 0.25) is 0 Å². The van der Waals surface area contributed by atoms with Crippen LogP contribution in [0.2, 0.25) is 0 Å². The summed E-state index contributed by atoms with van der Waals surface area (Å²) in [7, 11) is 0. The number of rotatable bonds is 10. The van der Waals surface area contributed by atoms with Crippen LogP contribution < -0.4 is 4.90 Å². The van der Waals surface area contributed by atoms with E-state index in [0.717, 1.165) is 13.1 Å². The van der Waals surface area contributed by atoms with Crippen molar-refractivity contribution in [1.82, 2.24) is 0 Å². The Morgan fingerprint density at radius 1 is 1.05 bits per heavy atom. The van der Waals surface area contributed by atoms with Crippen molar-refractivity contribution in [1.29, 1.82) is 0 Å². The van der Waals surface area contributed by atoms with Crippen molar-refractivity contribution in [2.24, 2.45) is 0 Å². The number of unbranched alkanes of at least 4 members (excludes halogenated alkanes) is 3. The van der Waals surface area contributed by atoms with E-state index in [4.69, 9.17) is 4.74 Å². The fourth-order valence-electron chi connectivity index (χ4n) is 2.20. The maximum atomic E-state index is 11.5. The molecule has 0 atom stereocenters. The van der Waals surface area contributed by atoms with Crippen LogP contribution in [0.3, 0.4) is 0 Å². The number of anilines is 1. The molecule has 112 valence electrons. The van der Waals surface area contributed by atoms with Crippen molar-refractivity contribution in [3.63, 3.8) is 0 Å². The molecule has 20 heavy (non-hydrogen) atoms. The van der Waals surface area contributed by atoms with Crippen LogP contribution in [0, 0.1) is 0 Å². The normalized spacial score (nSPS) is 10.3. The number of carbonyl (C=O) groups excluding carboxylic acids is 1. The number of hydrogen-bond acceptors (Lipinski definition) is 3. The van der Waals surface area contributed by atoms with E-state index in [1.807, 2.05) is 25.1 Å². The topological polar surface area (TPSA) is 29.5 Å². The Morgan fingerprint density at radius 3 is 2.45 bits per heavy atom. The van der Waals surface area contributed by atoms with E-state index in [1.54, 1.807) is 0 Å². The molecule has 0 saturated carbocycles. The molecule has 0 N–H and O–H groups in total. The fourth-order valence-corrected chi connectivity index (χ4v) is 2.20. The van der Waals surface area contributed by atoms with E-state index in [9.17, 15) is 4.79 Å². The minimum atomic E-state index is -0.109. The van der Waals surface area contributed by atoms with Gasteiger partial charge in [-0.1, -0.05) is 44.4 Å². The van der Waals surface area contributed by atoms with Gasteiger partial charge in [0.25, 0.3) is 0 Å². The first kappa shape index (κ1) is 16.5. The third kappa shape index (κ3) is 6.60. The fraction of sp³-hybridized carbons (Fsp3) is 0.588. The largest absolute Gasteiger partial charge is 0.466 e. The van der Waals surface area contributed by atoms with Gasteiger partial charge in [0.05, 0.1) is 13.0 Å². The predicted molar refractivity (Wildman–Crippen MR) is 84.0 cm³/mol. The van der Waals surface area contributed by atoms with E-state index in [2.05, 4.69) is 24.0 Å². The van der Waals surface area contributed by atoms with Crippen LogP contribution in [0.15, 0.2) is 30.3 Å². The molecule has 1 rings (SSSR count). The standard InChI is InChI=1S/C17H27NO2/c1-3-5-6-10-14-18(15-13-17(19)20-4-2)16-11-8-7-9-12-16/h7-9,11-12H,3-6,10,13-15H2,1-2H3. The monoisotopic (exact) mass is 277 g/mol. The van der Waals surface area contributed by atoms with Crippen LogP contribution in [0.1, 0.15) is 46.0 Å². The lowest BCUT2D eigenvalue weighted by atomic mass is 10.2. The molecule has 0 aliphatic carbocycles. The van der Waals surface area contributed by atoms with Gasteiger partial charge in [0.1, 0.15) is 0 Å². The molecule has 3 heteroatoms. The molecular weight excluding hydrogens is 250 g/mol. The van der Waals surface area contributed by atoms with Gasteiger partial charge in [-0.15, -0.1) is 0 Å². The zero-order chi connectivity index (χ0) is 14.6. The van der Waals surface area contributed by atoms with E-state index in [-0.39, 0.29) is 5.97 Å². The van der Waals surface area contributed by atoms with Crippen LogP contribution in [-0.2, 0) is 9.53 Å². The van der Waals surface area contributed by atoms with Gasteiger partial charge in [-0.2, -0.15) is 0 Å². The number of para-hydroxylation sites is 1. The summed E-state index contributed by atoms with van der Waals surface area (Å²) in [5.74, 6) is -0.109. The summed E-state index contributed by atoms with van der Waals surface area (Å²) >= 11 is 0. The summed E-state index contributed by atoms with van der Waals surface area (Å²) in [5.41, 5.74) is 1.19. The summed E-state index contributed by atoms with van der Waals surface area (Å²) in [5, 5.41) is 0. The molecule has 0 amide bonds. The molecular formula is C17H27NO2. The molecule has 0 unspecified atom stereocenters. The van der Waals surface area contributed by atoms with Crippen LogP contribution in [0.5, 0.6) is 0 Å². The Kier molecular flexibility index (Phi) is 8.52. The maximum Gasteiger partial charge on any atom is 0.307 e. The minimum absolute atomic E-state index is 0.109. The van der Waals surface area contributed by atoms with Gasteiger partial charge in [0, 0.05) is 18.8 Å². The summed E-state index contributed by atoms with van der Waals surface area (Å²) < 4.78 is 5.01. The summed E-state index contributed by atoms with van der Waals surface area (Å²) in [6.45, 7) is 6.26. The molecule has 0 bridgehead atoms. The third-order valence-corrected chi connectivity index (χ3v) is 3.29. The Morgan fingerprint density at radius 2 is 1.80 bits per heavy atom. The van der Waals surface area contributed by atoms with Gasteiger partial charge in [-0.05, 0) is 25.5 Å². The number of nitrogens with zero attached hydrogens (tertiary/aromatic N) is 1. The summed E-state index contributed by atoms with van der Waals surface area (Å²) in [4.78, 5) is 13.8. The summed E-state index contributed by atoms with van der Waals surface area (Å²) in [6, 6.07) is 10.3. The highest BCUT2D eigenvalue weighted by atomic mass is 16.5. The second-order valence-corrected chi connectivity index (χ2v) is 4.94. The molecule has 1 aromatic carbocycles. The van der Waals surface area contributed by atoms with Gasteiger partial charge in [-0.3, -0.25) is 4.79 Å². The lowest BCUT2D eigenvalue weighted by Gasteiger charge is -2.24. The Balaban J connectivity index is 2.49. The van der Waals surface area contributed by atoms with Crippen molar-refractivity contribution in [2.75, 3.05) is 24.6 Å². The molecule has 0 spiro atoms. The average Bonchev–Trinajstić information content (AvgIpc) is 2.48. The van der Waals surface area contributed by atoms with Crippen molar-refractivity contribution < 1.29 is 9.53 Å². The van der Waals surface area contributed by atoms with E-state index in [0.29, 0.717) is 13.0 Å². The second-order valence-electron chi connectivity index (χ2n) is 4.94. The quantitative estimate of drug-likeness (QED) is 0.478. The average molecular weight is 277 g/mol. The number of carbonyl (C=O) groups is 1. The lowest BCUT2D eigenvalue weighted by molar-refractivity contribution is -0.142.